The summed E-state index contributed by atoms with van der Waals surface area (Å²) in [6.07, 6.45) is 0. The molecule has 3 aromatic carbocycles. The summed E-state index contributed by atoms with van der Waals surface area (Å²) in [6, 6.07) is 8.27. The fourth-order valence-corrected chi connectivity index (χ4v) is 3.45. The van der Waals surface area contributed by atoms with Crippen LogP contribution in [0.2, 0.25) is 0 Å². The first kappa shape index (κ1) is 16.6. The maximum atomic E-state index is 14.9. The van der Waals surface area contributed by atoms with Crippen LogP contribution in [0.25, 0.3) is 27.5 Å². The van der Waals surface area contributed by atoms with Crippen LogP contribution < -0.4 is 0 Å². The van der Waals surface area contributed by atoms with E-state index in [4.69, 9.17) is 0 Å². The van der Waals surface area contributed by atoms with Crippen LogP contribution in [0.15, 0.2) is 36.4 Å². The first-order chi connectivity index (χ1) is 12.3. The highest BCUT2D eigenvalue weighted by molar-refractivity contribution is 6.10. The molecule has 0 saturated heterocycles. The molecule has 0 bridgehead atoms. The Morgan fingerprint density at radius 1 is 0.692 bits per heavy atom. The Morgan fingerprint density at radius 2 is 1.38 bits per heavy atom. The molecule has 0 aliphatic heterocycles. The molecule has 0 fully saturated rings. The highest BCUT2D eigenvalue weighted by Crippen LogP contribution is 2.38. The van der Waals surface area contributed by atoms with Crippen LogP contribution in [0.3, 0.4) is 0 Å². The molecule has 0 unspecified atom stereocenters. The van der Waals surface area contributed by atoms with E-state index in [1.807, 2.05) is 0 Å². The number of halogens is 4. The zero-order valence-corrected chi connectivity index (χ0v) is 14.4. The Labute approximate surface area is 147 Å². The van der Waals surface area contributed by atoms with Gasteiger partial charge >= 0.3 is 0 Å². The number of benzene rings is 3. The van der Waals surface area contributed by atoms with Crippen molar-refractivity contribution < 1.29 is 17.6 Å². The van der Waals surface area contributed by atoms with Gasteiger partial charge < -0.3 is 4.57 Å². The largest absolute Gasteiger partial charge is 0.304 e. The van der Waals surface area contributed by atoms with Gasteiger partial charge in [-0.3, -0.25) is 0 Å². The van der Waals surface area contributed by atoms with E-state index < -0.39 is 23.3 Å². The smallest absolute Gasteiger partial charge is 0.148 e. The lowest BCUT2D eigenvalue weighted by atomic mass is 10.1. The molecule has 4 aromatic rings. The number of hydrogen-bond acceptors (Lipinski definition) is 0. The molecule has 26 heavy (non-hydrogen) atoms. The van der Waals surface area contributed by atoms with Gasteiger partial charge in [-0.05, 0) is 67.8 Å². The third-order valence-electron chi connectivity index (χ3n) is 4.71. The minimum Gasteiger partial charge on any atom is -0.304 e. The van der Waals surface area contributed by atoms with E-state index in [0.29, 0.717) is 11.1 Å². The van der Waals surface area contributed by atoms with Gasteiger partial charge in [0.05, 0.1) is 11.0 Å². The van der Waals surface area contributed by atoms with E-state index in [1.54, 1.807) is 26.0 Å². The lowest BCUT2D eigenvalue weighted by Crippen LogP contribution is -2.00. The number of fused-ring (bicyclic) bond motifs is 3. The summed E-state index contributed by atoms with van der Waals surface area (Å²) in [5.41, 5.74) is 1.29. The molecular weight excluding hydrogens is 342 g/mol. The molecule has 0 spiro atoms. The van der Waals surface area contributed by atoms with Gasteiger partial charge in [-0.15, -0.1) is 0 Å². The molecule has 4 rings (SSSR count). The molecule has 0 radical (unpaired) electrons. The van der Waals surface area contributed by atoms with Crippen molar-refractivity contribution >= 4 is 21.8 Å². The van der Waals surface area contributed by atoms with Crippen molar-refractivity contribution in [3.8, 4) is 5.69 Å². The Morgan fingerprint density at radius 3 is 2.08 bits per heavy atom. The lowest BCUT2D eigenvalue weighted by molar-refractivity contribution is 0.606. The normalized spacial score (nSPS) is 11.7. The van der Waals surface area contributed by atoms with Gasteiger partial charge in [0, 0.05) is 16.5 Å². The Balaban J connectivity index is 2.31. The second-order valence-electron chi connectivity index (χ2n) is 6.62. The molecular formula is C21H15F4N. The molecule has 0 saturated carbocycles. The third kappa shape index (κ3) is 2.23. The number of aromatic nitrogens is 1. The SMILES string of the molecule is Cc1cc(F)c2c(c1)c1c(F)c(C)cc(F)c1n2-c1ccc(C)c(F)c1. The standard InChI is InChI=1S/C21H15F4N/c1-10-6-14-18-19(25)12(3)8-17(24)21(18)26(20(14)16(23)7-10)13-5-4-11(2)15(22)9-13/h4-9H,1-3H3. The minimum absolute atomic E-state index is 0.00100. The summed E-state index contributed by atoms with van der Waals surface area (Å²) < 4.78 is 59.9. The third-order valence-corrected chi connectivity index (χ3v) is 4.71. The van der Waals surface area contributed by atoms with Crippen LogP contribution in [-0.2, 0) is 0 Å². The molecule has 0 amide bonds. The Kier molecular flexibility index (Phi) is 3.58. The quantitative estimate of drug-likeness (QED) is 0.354. The Bertz CT molecular complexity index is 1200. The van der Waals surface area contributed by atoms with Gasteiger partial charge in [0.2, 0.25) is 0 Å². The van der Waals surface area contributed by atoms with Gasteiger partial charge in [0.25, 0.3) is 0 Å². The van der Waals surface area contributed by atoms with Crippen molar-refractivity contribution in [2.45, 2.75) is 20.8 Å². The second-order valence-corrected chi connectivity index (χ2v) is 6.62. The number of rotatable bonds is 1. The maximum absolute atomic E-state index is 14.9. The molecule has 0 aliphatic rings. The van der Waals surface area contributed by atoms with E-state index in [2.05, 4.69) is 0 Å². The van der Waals surface area contributed by atoms with Crippen LogP contribution in [0.1, 0.15) is 16.7 Å². The van der Waals surface area contributed by atoms with Crippen molar-refractivity contribution in [2.24, 2.45) is 0 Å². The summed E-state index contributed by atoms with van der Waals surface area (Å²) in [4.78, 5) is 0. The average Bonchev–Trinajstić information content (AvgIpc) is 2.91. The van der Waals surface area contributed by atoms with Crippen LogP contribution >= 0.6 is 0 Å². The maximum Gasteiger partial charge on any atom is 0.148 e. The molecule has 132 valence electrons. The van der Waals surface area contributed by atoms with Crippen LogP contribution in [0.5, 0.6) is 0 Å². The molecule has 0 N–H and O–H groups in total. The first-order valence-corrected chi connectivity index (χ1v) is 8.15. The van der Waals surface area contributed by atoms with E-state index in [-0.39, 0.29) is 33.1 Å². The van der Waals surface area contributed by atoms with Gasteiger partial charge in [-0.2, -0.15) is 0 Å². The Hall–Kier alpha value is -2.82. The molecule has 0 aliphatic carbocycles. The van der Waals surface area contributed by atoms with Crippen molar-refractivity contribution in [1.82, 2.24) is 4.57 Å². The number of aryl methyl sites for hydroxylation is 3. The van der Waals surface area contributed by atoms with E-state index in [1.165, 1.54) is 29.7 Å². The van der Waals surface area contributed by atoms with Crippen molar-refractivity contribution in [3.05, 3.63) is 76.4 Å². The van der Waals surface area contributed by atoms with Crippen molar-refractivity contribution in [3.63, 3.8) is 0 Å². The topological polar surface area (TPSA) is 4.93 Å². The number of hydrogen-bond donors (Lipinski definition) is 0. The molecule has 1 nitrogen and oxygen atoms in total. The number of nitrogens with zero attached hydrogens (tertiary/aromatic N) is 1. The molecule has 1 heterocycles. The van der Waals surface area contributed by atoms with Crippen LogP contribution in [0.4, 0.5) is 17.6 Å². The molecule has 5 heteroatoms. The molecule has 0 atom stereocenters. The predicted octanol–water partition coefficient (Wildman–Crippen LogP) is 6.27. The van der Waals surface area contributed by atoms with Crippen LogP contribution in [-0.4, -0.2) is 4.57 Å². The summed E-state index contributed by atoms with van der Waals surface area (Å²) in [7, 11) is 0. The lowest BCUT2D eigenvalue weighted by Gasteiger charge is -2.10. The first-order valence-electron chi connectivity index (χ1n) is 8.15. The highest BCUT2D eigenvalue weighted by atomic mass is 19.1. The zero-order valence-electron chi connectivity index (χ0n) is 14.4. The average molecular weight is 357 g/mol. The fraction of sp³-hybridized carbons (Fsp3) is 0.143. The van der Waals surface area contributed by atoms with Crippen LogP contribution in [0, 0.1) is 44.0 Å². The zero-order chi connectivity index (χ0) is 18.7. The van der Waals surface area contributed by atoms with E-state index >= 15 is 0 Å². The fourth-order valence-electron chi connectivity index (χ4n) is 3.45. The summed E-state index contributed by atoms with van der Waals surface area (Å²) in [5.74, 6) is -2.41. The van der Waals surface area contributed by atoms with Crippen molar-refractivity contribution in [2.75, 3.05) is 0 Å². The summed E-state index contributed by atoms with van der Waals surface area (Å²) in [5, 5.41) is 0.264. The van der Waals surface area contributed by atoms with Gasteiger partial charge in [-0.1, -0.05) is 6.07 Å². The van der Waals surface area contributed by atoms with Gasteiger partial charge in [0.15, 0.2) is 0 Å². The van der Waals surface area contributed by atoms with Gasteiger partial charge in [0.1, 0.15) is 23.3 Å². The van der Waals surface area contributed by atoms with E-state index in [9.17, 15) is 17.6 Å². The highest BCUT2D eigenvalue weighted by Gasteiger charge is 2.23. The minimum atomic E-state index is -0.687. The molecule has 1 aromatic heterocycles. The predicted molar refractivity (Wildman–Crippen MR) is 94.8 cm³/mol. The summed E-state index contributed by atoms with van der Waals surface area (Å²) >= 11 is 0. The monoisotopic (exact) mass is 357 g/mol. The van der Waals surface area contributed by atoms with Gasteiger partial charge in [-0.25, -0.2) is 17.6 Å². The van der Waals surface area contributed by atoms with Crippen molar-refractivity contribution in [1.29, 1.82) is 0 Å². The second kappa shape index (κ2) is 5.59. The summed E-state index contributed by atoms with van der Waals surface area (Å²) in [6.45, 7) is 4.73. The van der Waals surface area contributed by atoms with E-state index in [0.717, 1.165) is 6.07 Å².